The summed E-state index contributed by atoms with van der Waals surface area (Å²) in [4.78, 5) is 17.8. The number of hydrogen-bond acceptors (Lipinski definition) is 7. The third kappa shape index (κ3) is 3.46. The predicted octanol–water partition coefficient (Wildman–Crippen LogP) is 2.52. The standard InChI is InChI=1S/C10H9ClN4O4S2/c1-5-3-6(2)13-10(12-5)14-21(18,19)8-4-7(15(16)17)9(11)20-8/h3-4H,1-2H3,(H,12,13,14). The van der Waals surface area contributed by atoms with E-state index >= 15 is 0 Å². The van der Waals surface area contributed by atoms with Gasteiger partial charge in [0, 0.05) is 17.5 Å². The van der Waals surface area contributed by atoms with Crippen LogP contribution in [0.1, 0.15) is 11.4 Å². The molecule has 0 aliphatic rings. The molecule has 8 nitrogen and oxygen atoms in total. The fraction of sp³-hybridized carbons (Fsp3) is 0.200. The molecule has 0 fully saturated rings. The number of nitrogens with one attached hydrogen (secondary N) is 1. The summed E-state index contributed by atoms with van der Waals surface area (Å²) in [6, 6.07) is 2.59. The van der Waals surface area contributed by atoms with Crippen molar-refractivity contribution in [1.82, 2.24) is 9.97 Å². The van der Waals surface area contributed by atoms with E-state index in [-0.39, 0.29) is 14.5 Å². The largest absolute Gasteiger partial charge is 0.300 e. The number of hydrogen-bond donors (Lipinski definition) is 1. The third-order valence-electron chi connectivity index (χ3n) is 2.32. The highest BCUT2D eigenvalue weighted by atomic mass is 35.5. The average molecular weight is 349 g/mol. The molecule has 2 rings (SSSR count). The molecule has 0 saturated carbocycles. The number of thiophene rings is 1. The number of nitro groups is 1. The van der Waals surface area contributed by atoms with Crippen molar-refractivity contribution in [1.29, 1.82) is 0 Å². The van der Waals surface area contributed by atoms with E-state index in [1.165, 1.54) is 0 Å². The molecule has 1 N–H and O–H groups in total. The zero-order chi connectivity index (χ0) is 15.8. The monoisotopic (exact) mass is 348 g/mol. The molecule has 112 valence electrons. The summed E-state index contributed by atoms with van der Waals surface area (Å²) in [5.74, 6) is -0.0975. The summed E-state index contributed by atoms with van der Waals surface area (Å²) in [6.45, 7) is 3.39. The first-order valence-electron chi connectivity index (χ1n) is 5.48. The number of sulfonamides is 1. The first-order chi connectivity index (χ1) is 9.69. The summed E-state index contributed by atoms with van der Waals surface area (Å²) in [5.41, 5.74) is 0.731. The van der Waals surface area contributed by atoms with E-state index in [1.807, 2.05) is 0 Å². The Labute approximate surface area is 129 Å². The Kier molecular flexibility index (Phi) is 4.12. The number of aromatic nitrogens is 2. The molecule has 0 unspecified atom stereocenters. The van der Waals surface area contributed by atoms with E-state index in [9.17, 15) is 18.5 Å². The molecular formula is C10H9ClN4O4S2. The van der Waals surface area contributed by atoms with Crippen LogP contribution in [-0.4, -0.2) is 23.3 Å². The molecule has 0 aliphatic heterocycles. The smallest absolute Gasteiger partial charge is 0.258 e. The maximum Gasteiger partial charge on any atom is 0.300 e. The molecule has 0 saturated heterocycles. The van der Waals surface area contributed by atoms with Crippen LogP contribution in [0.5, 0.6) is 0 Å². The lowest BCUT2D eigenvalue weighted by molar-refractivity contribution is -0.384. The molecule has 0 aliphatic carbocycles. The lowest BCUT2D eigenvalue weighted by atomic mass is 10.4. The normalized spacial score (nSPS) is 11.4. The van der Waals surface area contributed by atoms with Crippen LogP contribution in [0.3, 0.4) is 0 Å². The van der Waals surface area contributed by atoms with Crippen LogP contribution >= 0.6 is 22.9 Å². The van der Waals surface area contributed by atoms with Gasteiger partial charge in [0.2, 0.25) is 5.95 Å². The molecule has 0 radical (unpaired) electrons. The predicted molar refractivity (Wildman–Crippen MR) is 78.3 cm³/mol. The fourth-order valence-corrected chi connectivity index (χ4v) is 4.15. The topological polar surface area (TPSA) is 115 Å². The lowest BCUT2D eigenvalue weighted by Crippen LogP contribution is -2.14. The van der Waals surface area contributed by atoms with E-state index in [0.29, 0.717) is 22.7 Å². The highest BCUT2D eigenvalue weighted by Gasteiger charge is 2.26. The van der Waals surface area contributed by atoms with Crippen molar-refractivity contribution in [3.8, 4) is 0 Å². The number of rotatable bonds is 4. The van der Waals surface area contributed by atoms with Gasteiger partial charge in [0.25, 0.3) is 15.7 Å². The SMILES string of the molecule is Cc1cc(C)nc(NS(=O)(=O)c2cc([N+](=O)[O-])c(Cl)s2)n1. The molecule has 0 atom stereocenters. The van der Waals surface area contributed by atoms with Crippen LogP contribution in [0.15, 0.2) is 16.3 Å². The van der Waals surface area contributed by atoms with Gasteiger partial charge < -0.3 is 0 Å². The molecule has 2 heterocycles. The van der Waals surface area contributed by atoms with Gasteiger partial charge in [-0.25, -0.2) is 23.1 Å². The van der Waals surface area contributed by atoms with Gasteiger partial charge in [0.05, 0.1) is 4.92 Å². The van der Waals surface area contributed by atoms with Crippen molar-refractivity contribution in [3.05, 3.63) is 38.0 Å². The Morgan fingerprint density at radius 3 is 2.33 bits per heavy atom. The average Bonchev–Trinajstić information content (AvgIpc) is 2.70. The first-order valence-corrected chi connectivity index (χ1v) is 8.15. The van der Waals surface area contributed by atoms with Crippen molar-refractivity contribution in [2.24, 2.45) is 0 Å². The second kappa shape index (κ2) is 5.54. The molecule has 0 aromatic carbocycles. The zero-order valence-corrected chi connectivity index (χ0v) is 13.2. The van der Waals surface area contributed by atoms with Gasteiger partial charge in [0.15, 0.2) is 4.34 Å². The van der Waals surface area contributed by atoms with Crippen LogP contribution in [-0.2, 0) is 10.0 Å². The zero-order valence-electron chi connectivity index (χ0n) is 10.8. The van der Waals surface area contributed by atoms with Crippen LogP contribution < -0.4 is 4.72 Å². The van der Waals surface area contributed by atoms with Crippen LogP contribution in [0.2, 0.25) is 4.34 Å². The van der Waals surface area contributed by atoms with Gasteiger partial charge in [-0.3, -0.25) is 10.1 Å². The molecule has 11 heteroatoms. The first kappa shape index (κ1) is 15.6. The summed E-state index contributed by atoms with van der Waals surface area (Å²) >= 11 is 6.25. The fourth-order valence-electron chi connectivity index (χ4n) is 1.54. The molecule has 0 bridgehead atoms. The minimum Gasteiger partial charge on any atom is -0.258 e. The van der Waals surface area contributed by atoms with Crippen molar-refractivity contribution >= 4 is 44.6 Å². The maximum absolute atomic E-state index is 12.2. The molecule has 0 spiro atoms. The van der Waals surface area contributed by atoms with Crippen LogP contribution in [0, 0.1) is 24.0 Å². The van der Waals surface area contributed by atoms with Gasteiger partial charge in [-0.15, -0.1) is 11.3 Å². The van der Waals surface area contributed by atoms with Gasteiger partial charge in [-0.2, -0.15) is 0 Å². The summed E-state index contributed by atoms with van der Waals surface area (Å²) in [7, 11) is -4.03. The van der Waals surface area contributed by atoms with Crippen LogP contribution in [0.25, 0.3) is 0 Å². The van der Waals surface area contributed by atoms with E-state index in [1.54, 1.807) is 19.9 Å². The van der Waals surface area contributed by atoms with Gasteiger partial charge in [-0.1, -0.05) is 11.6 Å². The van der Waals surface area contributed by atoms with Crippen molar-refractivity contribution in [3.63, 3.8) is 0 Å². The quantitative estimate of drug-likeness (QED) is 0.670. The molecule has 0 amide bonds. The Bertz CT molecular complexity index is 798. The second-order valence-electron chi connectivity index (χ2n) is 4.06. The van der Waals surface area contributed by atoms with Crippen molar-refractivity contribution < 1.29 is 13.3 Å². The number of halogens is 1. The number of aryl methyl sites for hydroxylation is 2. The maximum atomic E-state index is 12.2. The van der Waals surface area contributed by atoms with E-state index in [0.717, 1.165) is 6.07 Å². The third-order valence-corrected chi connectivity index (χ3v) is 5.46. The van der Waals surface area contributed by atoms with Gasteiger partial charge in [0.1, 0.15) is 4.21 Å². The molecule has 2 aromatic rings. The highest BCUT2D eigenvalue weighted by Crippen LogP contribution is 2.36. The number of nitrogens with zero attached hydrogens (tertiary/aromatic N) is 3. The van der Waals surface area contributed by atoms with E-state index < -0.39 is 20.6 Å². The second-order valence-corrected chi connectivity index (χ2v) is 7.62. The van der Waals surface area contributed by atoms with Crippen LogP contribution in [0.4, 0.5) is 11.6 Å². The Hall–Kier alpha value is -1.78. The molecule has 2 aromatic heterocycles. The van der Waals surface area contributed by atoms with Crippen molar-refractivity contribution in [2.45, 2.75) is 18.1 Å². The Balaban J connectivity index is 2.38. The van der Waals surface area contributed by atoms with E-state index in [2.05, 4.69) is 14.7 Å². The van der Waals surface area contributed by atoms with Crippen molar-refractivity contribution in [2.75, 3.05) is 4.72 Å². The van der Waals surface area contributed by atoms with E-state index in [4.69, 9.17) is 11.6 Å². The molecular weight excluding hydrogens is 340 g/mol. The number of anilines is 1. The summed E-state index contributed by atoms with van der Waals surface area (Å²) in [5, 5.41) is 10.7. The highest BCUT2D eigenvalue weighted by molar-refractivity contribution is 7.94. The van der Waals surface area contributed by atoms with Gasteiger partial charge in [-0.05, 0) is 19.9 Å². The lowest BCUT2D eigenvalue weighted by Gasteiger charge is -2.05. The minimum absolute atomic E-state index is 0.0975. The minimum atomic E-state index is -4.03. The van der Waals surface area contributed by atoms with Gasteiger partial charge >= 0.3 is 0 Å². The summed E-state index contributed by atoms with van der Waals surface area (Å²) in [6.07, 6.45) is 0. The Morgan fingerprint density at radius 2 is 1.86 bits per heavy atom. The summed E-state index contributed by atoms with van der Waals surface area (Å²) < 4.78 is 26.0. The Morgan fingerprint density at radius 1 is 1.29 bits per heavy atom. The molecule has 21 heavy (non-hydrogen) atoms.